The first-order valence-corrected chi connectivity index (χ1v) is 9.50. The summed E-state index contributed by atoms with van der Waals surface area (Å²) >= 11 is 0. The average molecular weight is 314 g/mol. The molecule has 0 radical (unpaired) electrons. The van der Waals surface area contributed by atoms with Crippen LogP contribution in [0.3, 0.4) is 0 Å². The Balaban J connectivity index is 0. The molecule has 0 aromatic rings. The van der Waals surface area contributed by atoms with Gasteiger partial charge in [-0.25, -0.2) is 0 Å². The molecule has 118 valence electrons. The maximum atomic E-state index is 11.9. The summed E-state index contributed by atoms with van der Waals surface area (Å²) in [6.07, 6.45) is -11.6. The highest BCUT2D eigenvalue weighted by Gasteiger charge is 2.70. The molecule has 0 aliphatic heterocycles. The summed E-state index contributed by atoms with van der Waals surface area (Å²) in [7, 11) is -0.611. The monoisotopic (exact) mass is 314 g/mol. The Morgan fingerprint density at radius 1 is 0.895 bits per heavy atom. The average Bonchev–Trinajstić information content (AvgIpc) is 2.07. The van der Waals surface area contributed by atoms with E-state index in [4.69, 9.17) is 5.11 Å². The SMILES string of the molecule is CCOCC(O)(C(F)(F)F)C(F)(F)F.C[Si](C)(C)C. The number of hydrogen-bond donors (Lipinski definition) is 1. The van der Waals surface area contributed by atoms with Crippen LogP contribution in [0.1, 0.15) is 6.92 Å². The predicted octanol–water partition coefficient (Wildman–Crippen LogP) is 3.83. The summed E-state index contributed by atoms with van der Waals surface area (Å²) in [6, 6.07) is 0. The Kier molecular flexibility index (Phi) is 7.67. The fourth-order valence-electron chi connectivity index (χ4n) is 0.574. The number of hydrogen-bond acceptors (Lipinski definition) is 2. The van der Waals surface area contributed by atoms with Gasteiger partial charge < -0.3 is 9.84 Å². The summed E-state index contributed by atoms with van der Waals surface area (Å²) in [5.74, 6) is 0. The minimum Gasteiger partial charge on any atom is -0.378 e. The van der Waals surface area contributed by atoms with E-state index in [-0.39, 0.29) is 6.61 Å². The van der Waals surface area contributed by atoms with Gasteiger partial charge in [0.15, 0.2) is 0 Å². The van der Waals surface area contributed by atoms with Crippen LogP contribution in [0.5, 0.6) is 0 Å². The molecule has 0 amide bonds. The van der Waals surface area contributed by atoms with Crippen LogP contribution in [0, 0.1) is 0 Å². The largest absolute Gasteiger partial charge is 0.428 e. The first kappa shape index (κ1) is 21.0. The zero-order chi connectivity index (χ0) is 16.1. The van der Waals surface area contributed by atoms with Gasteiger partial charge in [0, 0.05) is 14.7 Å². The molecule has 0 aromatic carbocycles. The van der Waals surface area contributed by atoms with Crippen LogP contribution in [0.25, 0.3) is 0 Å². The Hall–Kier alpha value is -0.283. The number of halogens is 6. The van der Waals surface area contributed by atoms with E-state index < -0.39 is 32.6 Å². The lowest BCUT2D eigenvalue weighted by Crippen LogP contribution is -2.59. The molecule has 0 unspecified atom stereocenters. The van der Waals surface area contributed by atoms with Crippen LogP contribution in [-0.2, 0) is 4.74 Å². The lowest BCUT2D eigenvalue weighted by Gasteiger charge is -2.31. The highest BCUT2D eigenvalue weighted by atomic mass is 28.3. The number of alkyl halides is 6. The normalized spacial score (nSPS) is 13.9. The second-order valence-corrected chi connectivity index (χ2v) is 11.5. The molecule has 2 nitrogen and oxygen atoms in total. The molecule has 0 heterocycles. The van der Waals surface area contributed by atoms with Crippen LogP contribution in [-0.4, -0.2) is 44.3 Å². The van der Waals surface area contributed by atoms with Gasteiger partial charge in [0.05, 0.1) is 6.61 Å². The van der Waals surface area contributed by atoms with Crippen molar-refractivity contribution in [2.45, 2.75) is 51.1 Å². The third-order valence-corrected chi connectivity index (χ3v) is 1.45. The zero-order valence-electron chi connectivity index (χ0n) is 11.5. The van der Waals surface area contributed by atoms with E-state index in [1.807, 2.05) is 0 Å². The Morgan fingerprint density at radius 2 is 1.16 bits per heavy atom. The minimum absolute atomic E-state index is 0.353. The van der Waals surface area contributed by atoms with Crippen molar-refractivity contribution in [3.05, 3.63) is 0 Å². The van der Waals surface area contributed by atoms with E-state index in [2.05, 4.69) is 30.9 Å². The Labute approximate surface area is 109 Å². The van der Waals surface area contributed by atoms with Crippen molar-refractivity contribution < 1.29 is 36.2 Å². The summed E-state index contributed by atoms with van der Waals surface area (Å²) in [4.78, 5) is 0. The molecule has 0 spiro atoms. The van der Waals surface area contributed by atoms with Crippen LogP contribution >= 0.6 is 0 Å². The summed E-state index contributed by atoms with van der Waals surface area (Å²) in [5, 5.41) is 8.44. The number of aliphatic hydroxyl groups is 1. The first-order chi connectivity index (χ1) is 8.06. The second kappa shape index (κ2) is 6.94. The third kappa shape index (κ3) is 8.48. The molecule has 0 aliphatic rings. The second-order valence-electron chi connectivity index (χ2n) is 5.49. The van der Waals surface area contributed by atoms with Crippen molar-refractivity contribution in [3.63, 3.8) is 0 Å². The van der Waals surface area contributed by atoms with Gasteiger partial charge in [-0.3, -0.25) is 0 Å². The third-order valence-electron chi connectivity index (χ3n) is 1.45. The molecule has 0 saturated heterocycles. The van der Waals surface area contributed by atoms with Crippen LogP contribution in [0.4, 0.5) is 26.3 Å². The minimum atomic E-state index is -5.81. The van der Waals surface area contributed by atoms with E-state index >= 15 is 0 Å². The first-order valence-electron chi connectivity index (χ1n) is 5.50. The number of ether oxygens (including phenoxy) is 1. The molecule has 1 N–H and O–H groups in total. The van der Waals surface area contributed by atoms with Gasteiger partial charge in [-0.2, -0.15) is 26.3 Å². The van der Waals surface area contributed by atoms with Gasteiger partial charge in [0.25, 0.3) is 5.60 Å². The highest BCUT2D eigenvalue weighted by molar-refractivity contribution is 6.74. The van der Waals surface area contributed by atoms with Crippen molar-refractivity contribution in [1.29, 1.82) is 0 Å². The van der Waals surface area contributed by atoms with Gasteiger partial charge in [-0.05, 0) is 6.92 Å². The molecule has 19 heavy (non-hydrogen) atoms. The molecule has 0 bridgehead atoms. The lowest BCUT2D eigenvalue weighted by molar-refractivity contribution is -0.377. The molecular weight excluding hydrogens is 294 g/mol. The van der Waals surface area contributed by atoms with E-state index in [0.29, 0.717) is 0 Å². The Bertz CT molecular complexity index is 236. The molecule has 0 fully saturated rings. The van der Waals surface area contributed by atoms with Gasteiger partial charge in [-0.1, -0.05) is 26.2 Å². The highest BCUT2D eigenvalue weighted by Crippen LogP contribution is 2.43. The molecule has 0 aromatic heterocycles. The molecular formula is C10H20F6O2Si. The van der Waals surface area contributed by atoms with E-state index in [0.717, 1.165) is 0 Å². The molecule has 0 rings (SSSR count). The van der Waals surface area contributed by atoms with Gasteiger partial charge in [0.1, 0.15) is 0 Å². The van der Waals surface area contributed by atoms with Gasteiger partial charge in [0.2, 0.25) is 0 Å². The topological polar surface area (TPSA) is 29.5 Å². The molecule has 0 saturated carbocycles. The summed E-state index contributed by atoms with van der Waals surface area (Å²) in [6.45, 7) is 8.32. The zero-order valence-corrected chi connectivity index (χ0v) is 12.5. The van der Waals surface area contributed by atoms with Crippen LogP contribution in [0.15, 0.2) is 0 Å². The maximum Gasteiger partial charge on any atom is 0.428 e. The van der Waals surface area contributed by atoms with Crippen molar-refractivity contribution in [3.8, 4) is 0 Å². The fourth-order valence-corrected chi connectivity index (χ4v) is 0.574. The van der Waals surface area contributed by atoms with Crippen molar-refractivity contribution in [2.24, 2.45) is 0 Å². The van der Waals surface area contributed by atoms with Crippen molar-refractivity contribution in [2.75, 3.05) is 13.2 Å². The van der Waals surface area contributed by atoms with E-state index in [9.17, 15) is 26.3 Å². The van der Waals surface area contributed by atoms with Crippen molar-refractivity contribution >= 4 is 8.07 Å². The van der Waals surface area contributed by atoms with E-state index in [1.54, 1.807) is 0 Å². The van der Waals surface area contributed by atoms with Gasteiger partial charge in [-0.15, -0.1) is 0 Å². The predicted molar refractivity (Wildman–Crippen MR) is 62.8 cm³/mol. The van der Waals surface area contributed by atoms with Crippen LogP contribution < -0.4 is 0 Å². The summed E-state index contributed by atoms with van der Waals surface area (Å²) < 4.78 is 75.2. The Morgan fingerprint density at radius 3 is 1.32 bits per heavy atom. The summed E-state index contributed by atoms with van der Waals surface area (Å²) in [5.41, 5.74) is -4.80. The maximum absolute atomic E-state index is 11.9. The smallest absolute Gasteiger partial charge is 0.378 e. The lowest BCUT2D eigenvalue weighted by atomic mass is 10.1. The fraction of sp³-hybridized carbons (Fsp3) is 1.00. The molecule has 0 atom stereocenters. The quantitative estimate of drug-likeness (QED) is 0.633. The standard InChI is InChI=1S/C6H8F6O2.C4H12Si/c1-2-14-3-4(13,5(7,8)9)6(10,11)12;1-5(2,3)4/h13H,2-3H2,1H3;1-4H3. The molecule has 9 heteroatoms. The van der Waals surface area contributed by atoms with Crippen molar-refractivity contribution in [1.82, 2.24) is 0 Å². The number of rotatable bonds is 3. The molecule has 0 aliphatic carbocycles. The van der Waals surface area contributed by atoms with Crippen LogP contribution in [0.2, 0.25) is 26.2 Å². The van der Waals surface area contributed by atoms with E-state index in [1.165, 1.54) is 6.92 Å². The van der Waals surface area contributed by atoms with Gasteiger partial charge >= 0.3 is 12.4 Å².